The molecule has 0 unspecified atom stereocenters. The molecule has 0 amide bonds. The van der Waals surface area contributed by atoms with Gasteiger partial charge < -0.3 is 9.52 Å². The molecule has 1 N–H and O–H groups in total. The van der Waals surface area contributed by atoms with Crippen LogP contribution in [0.1, 0.15) is 19.6 Å². The summed E-state index contributed by atoms with van der Waals surface area (Å²) in [5, 5.41) is 8.81. The van der Waals surface area contributed by atoms with E-state index in [9.17, 15) is 4.79 Å². The van der Waals surface area contributed by atoms with Crippen molar-refractivity contribution < 1.29 is 14.3 Å². The number of carbonyl (C=O) groups is 1. The maximum absolute atomic E-state index is 10.7. The second-order valence-electron chi connectivity index (χ2n) is 4.15. The van der Waals surface area contributed by atoms with Crippen molar-refractivity contribution >= 4 is 21.9 Å². The summed E-state index contributed by atoms with van der Waals surface area (Å²) in [7, 11) is 0. The minimum absolute atomic E-state index is 0.0331. The minimum atomic E-state index is -0.816. The fourth-order valence-electron chi connectivity index (χ4n) is 1.53. The predicted molar refractivity (Wildman–Crippen MR) is 64.2 cm³/mol. The van der Waals surface area contributed by atoms with Crippen molar-refractivity contribution in [3.8, 4) is 0 Å². The normalized spacial score (nSPS) is 11.3. The molecule has 5 heteroatoms. The molecule has 0 aliphatic rings. The summed E-state index contributed by atoms with van der Waals surface area (Å²) in [6.45, 7) is 5.40. The van der Waals surface area contributed by atoms with Crippen molar-refractivity contribution in [1.82, 2.24) is 4.90 Å². The Labute approximate surface area is 103 Å². The minimum Gasteiger partial charge on any atom is -0.480 e. The van der Waals surface area contributed by atoms with Crippen LogP contribution in [0.15, 0.2) is 21.2 Å². The molecule has 0 fully saturated rings. The molecule has 1 aromatic rings. The first-order chi connectivity index (χ1) is 7.49. The molecule has 90 valence electrons. The Bertz CT molecular complexity index is 349. The molecule has 0 bridgehead atoms. The molecule has 0 radical (unpaired) electrons. The van der Waals surface area contributed by atoms with Gasteiger partial charge in [-0.2, -0.15) is 0 Å². The third kappa shape index (κ3) is 4.37. The number of rotatable bonds is 6. The fourth-order valence-corrected chi connectivity index (χ4v) is 1.86. The highest BCUT2D eigenvalue weighted by atomic mass is 79.9. The molecule has 4 nitrogen and oxygen atoms in total. The van der Waals surface area contributed by atoms with Gasteiger partial charge in [-0.3, -0.25) is 9.69 Å². The molecule has 0 saturated carbocycles. The molecule has 0 aliphatic carbocycles. The Kier molecular flexibility index (Phi) is 5.02. The van der Waals surface area contributed by atoms with E-state index >= 15 is 0 Å². The Hall–Kier alpha value is -0.810. The van der Waals surface area contributed by atoms with Crippen LogP contribution in [0.5, 0.6) is 0 Å². The quantitative estimate of drug-likeness (QED) is 0.875. The van der Waals surface area contributed by atoms with Crippen molar-refractivity contribution in [3.63, 3.8) is 0 Å². The number of nitrogens with zero attached hydrogens (tertiary/aromatic N) is 1. The molecule has 1 heterocycles. The zero-order valence-electron chi connectivity index (χ0n) is 9.44. The molecule has 0 aromatic carbocycles. The Morgan fingerprint density at radius 2 is 2.31 bits per heavy atom. The van der Waals surface area contributed by atoms with Crippen molar-refractivity contribution in [2.75, 3.05) is 13.1 Å². The van der Waals surface area contributed by atoms with Crippen LogP contribution in [0.2, 0.25) is 0 Å². The van der Waals surface area contributed by atoms with Crippen LogP contribution in [-0.2, 0) is 11.3 Å². The second-order valence-corrected chi connectivity index (χ2v) is 5.00. The number of halogens is 1. The lowest BCUT2D eigenvalue weighted by Gasteiger charge is -2.21. The highest BCUT2D eigenvalue weighted by Gasteiger charge is 2.15. The summed E-state index contributed by atoms with van der Waals surface area (Å²) in [5.74, 6) is 0.373. The molecular formula is C11H16BrNO3. The first-order valence-electron chi connectivity index (χ1n) is 5.15. The van der Waals surface area contributed by atoms with Gasteiger partial charge in [0.25, 0.3) is 0 Å². The number of carboxylic acid groups (broad SMARTS) is 1. The van der Waals surface area contributed by atoms with Gasteiger partial charge in [0.05, 0.1) is 23.8 Å². The molecule has 0 aliphatic heterocycles. The van der Waals surface area contributed by atoms with Gasteiger partial charge in [-0.15, -0.1) is 0 Å². The average molecular weight is 290 g/mol. The van der Waals surface area contributed by atoms with Gasteiger partial charge in [-0.1, -0.05) is 13.8 Å². The SMILES string of the molecule is CC(C)CN(CC(=O)O)Cc1occc1Br. The van der Waals surface area contributed by atoms with Crippen molar-refractivity contribution in [1.29, 1.82) is 0 Å². The van der Waals surface area contributed by atoms with Crippen molar-refractivity contribution in [2.24, 2.45) is 5.92 Å². The number of hydrogen-bond acceptors (Lipinski definition) is 3. The topological polar surface area (TPSA) is 53.7 Å². The highest BCUT2D eigenvalue weighted by Crippen LogP contribution is 2.19. The van der Waals surface area contributed by atoms with E-state index in [1.807, 2.05) is 11.0 Å². The zero-order valence-corrected chi connectivity index (χ0v) is 11.0. The smallest absolute Gasteiger partial charge is 0.317 e. The van der Waals surface area contributed by atoms with Gasteiger partial charge in [-0.25, -0.2) is 0 Å². The van der Waals surface area contributed by atoms with Crippen LogP contribution in [0.4, 0.5) is 0 Å². The number of furan rings is 1. The van der Waals surface area contributed by atoms with Gasteiger partial charge in [0.2, 0.25) is 0 Å². The molecule has 16 heavy (non-hydrogen) atoms. The van der Waals surface area contributed by atoms with E-state index in [4.69, 9.17) is 9.52 Å². The molecule has 0 spiro atoms. The van der Waals surface area contributed by atoms with Crippen LogP contribution in [0.25, 0.3) is 0 Å². The summed E-state index contributed by atoms with van der Waals surface area (Å²) < 4.78 is 6.16. The Morgan fingerprint density at radius 1 is 1.62 bits per heavy atom. The number of hydrogen-bond donors (Lipinski definition) is 1. The lowest BCUT2D eigenvalue weighted by Crippen LogP contribution is -2.32. The maximum atomic E-state index is 10.7. The van der Waals surface area contributed by atoms with Crippen LogP contribution in [-0.4, -0.2) is 29.1 Å². The van der Waals surface area contributed by atoms with E-state index in [0.717, 1.165) is 16.8 Å². The van der Waals surface area contributed by atoms with Gasteiger partial charge in [-0.05, 0) is 27.9 Å². The van der Waals surface area contributed by atoms with Crippen LogP contribution in [0.3, 0.4) is 0 Å². The maximum Gasteiger partial charge on any atom is 0.317 e. The van der Waals surface area contributed by atoms with Crippen LogP contribution in [0, 0.1) is 5.92 Å². The number of carboxylic acids is 1. The van der Waals surface area contributed by atoms with Crippen LogP contribution >= 0.6 is 15.9 Å². The van der Waals surface area contributed by atoms with Gasteiger partial charge >= 0.3 is 5.97 Å². The number of aliphatic carboxylic acids is 1. The van der Waals surface area contributed by atoms with Crippen molar-refractivity contribution in [2.45, 2.75) is 20.4 Å². The summed E-state index contributed by atoms with van der Waals surface area (Å²) >= 11 is 3.36. The lowest BCUT2D eigenvalue weighted by atomic mass is 10.2. The highest BCUT2D eigenvalue weighted by molar-refractivity contribution is 9.10. The average Bonchev–Trinajstić information content (AvgIpc) is 2.49. The van der Waals surface area contributed by atoms with Crippen LogP contribution < -0.4 is 0 Å². The van der Waals surface area contributed by atoms with Gasteiger partial charge in [0.1, 0.15) is 5.76 Å². The molecule has 1 rings (SSSR count). The molecule has 0 saturated heterocycles. The summed E-state index contributed by atoms with van der Waals surface area (Å²) in [6.07, 6.45) is 1.59. The van der Waals surface area contributed by atoms with E-state index in [-0.39, 0.29) is 6.54 Å². The summed E-state index contributed by atoms with van der Waals surface area (Å²) in [6, 6.07) is 1.81. The fraction of sp³-hybridized carbons (Fsp3) is 0.545. The van der Waals surface area contributed by atoms with E-state index in [2.05, 4.69) is 29.8 Å². The van der Waals surface area contributed by atoms with E-state index in [1.54, 1.807) is 6.26 Å². The summed E-state index contributed by atoms with van der Waals surface area (Å²) in [5.41, 5.74) is 0. The lowest BCUT2D eigenvalue weighted by molar-refractivity contribution is -0.138. The van der Waals surface area contributed by atoms with E-state index in [1.165, 1.54) is 0 Å². The standard InChI is InChI=1S/C11H16BrNO3/c1-8(2)5-13(7-11(14)15)6-10-9(12)3-4-16-10/h3-4,8H,5-7H2,1-2H3,(H,14,15). The second kappa shape index (κ2) is 6.06. The zero-order chi connectivity index (χ0) is 12.1. The Morgan fingerprint density at radius 3 is 2.75 bits per heavy atom. The van der Waals surface area contributed by atoms with Gasteiger partial charge in [0, 0.05) is 6.54 Å². The predicted octanol–water partition coefficient (Wildman–Crippen LogP) is 2.58. The first kappa shape index (κ1) is 13.3. The van der Waals surface area contributed by atoms with E-state index in [0.29, 0.717) is 12.5 Å². The molecule has 0 atom stereocenters. The van der Waals surface area contributed by atoms with E-state index < -0.39 is 5.97 Å². The largest absolute Gasteiger partial charge is 0.480 e. The third-order valence-corrected chi connectivity index (χ3v) is 2.75. The van der Waals surface area contributed by atoms with Gasteiger partial charge in [0.15, 0.2) is 0 Å². The third-order valence-electron chi connectivity index (χ3n) is 2.04. The molecular weight excluding hydrogens is 274 g/mol. The first-order valence-corrected chi connectivity index (χ1v) is 5.94. The Balaban J connectivity index is 2.62. The summed E-state index contributed by atoms with van der Waals surface area (Å²) in [4.78, 5) is 12.6. The molecule has 1 aromatic heterocycles. The van der Waals surface area contributed by atoms with Crippen molar-refractivity contribution in [3.05, 3.63) is 22.6 Å². The monoisotopic (exact) mass is 289 g/mol.